The molecule has 0 unspecified atom stereocenters. The van der Waals surface area contributed by atoms with Crippen LogP contribution in [-0.2, 0) is 13.0 Å². The van der Waals surface area contributed by atoms with Crippen molar-refractivity contribution in [1.29, 1.82) is 0 Å². The third-order valence-corrected chi connectivity index (χ3v) is 4.72. The van der Waals surface area contributed by atoms with Crippen LogP contribution in [0.1, 0.15) is 49.8 Å². The number of hydrogen-bond donors (Lipinski definition) is 2. The molecule has 152 valence electrons. The molecule has 0 amide bonds. The van der Waals surface area contributed by atoms with Crippen LogP contribution < -0.4 is 10.6 Å². The van der Waals surface area contributed by atoms with Gasteiger partial charge in [0.2, 0.25) is 0 Å². The fraction of sp³-hybridized carbons (Fsp3) is 0.450. The van der Waals surface area contributed by atoms with E-state index >= 15 is 0 Å². The lowest BCUT2D eigenvalue weighted by Crippen LogP contribution is -2.37. The molecule has 0 atom stereocenters. The Labute approximate surface area is 183 Å². The zero-order valence-electron chi connectivity index (χ0n) is 16.7. The fourth-order valence-electron chi connectivity index (χ4n) is 3.12. The standard InChI is InChI=1S/C20H28N6O.HI/c1-4-15(5-2)18-12-17(27-25-18)13-23-20(21-3)22-10-9-16-14-26-11-7-6-8-19(26)24-16;/h6-8,11-12,14-15H,4-5,9-10,13H2,1-3H3,(H2,21,22,23);1H. The van der Waals surface area contributed by atoms with Crippen molar-refractivity contribution in [3.63, 3.8) is 0 Å². The summed E-state index contributed by atoms with van der Waals surface area (Å²) in [4.78, 5) is 8.86. The lowest BCUT2D eigenvalue weighted by atomic mass is 9.99. The quantitative estimate of drug-likeness (QED) is 0.282. The highest BCUT2D eigenvalue weighted by atomic mass is 127. The van der Waals surface area contributed by atoms with E-state index in [1.807, 2.05) is 34.9 Å². The molecular formula is C20H29IN6O. The molecule has 7 nitrogen and oxygen atoms in total. The first kappa shape index (κ1) is 22.2. The number of aliphatic imine (C=N–C) groups is 1. The molecule has 2 N–H and O–H groups in total. The van der Waals surface area contributed by atoms with E-state index in [1.165, 1.54) is 0 Å². The van der Waals surface area contributed by atoms with Gasteiger partial charge < -0.3 is 19.6 Å². The third kappa shape index (κ3) is 5.70. The van der Waals surface area contributed by atoms with E-state index in [-0.39, 0.29) is 24.0 Å². The van der Waals surface area contributed by atoms with Crippen molar-refractivity contribution in [2.45, 2.75) is 45.6 Å². The predicted octanol–water partition coefficient (Wildman–Crippen LogP) is 3.75. The number of guanidine groups is 1. The van der Waals surface area contributed by atoms with Crippen LogP contribution in [0.2, 0.25) is 0 Å². The van der Waals surface area contributed by atoms with Gasteiger partial charge in [-0.05, 0) is 25.0 Å². The number of aromatic nitrogens is 3. The van der Waals surface area contributed by atoms with Crippen LogP contribution in [0.3, 0.4) is 0 Å². The van der Waals surface area contributed by atoms with Gasteiger partial charge in [-0.2, -0.15) is 0 Å². The molecule has 8 heteroatoms. The van der Waals surface area contributed by atoms with Crippen LogP contribution in [-0.4, -0.2) is 34.1 Å². The maximum atomic E-state index is 5.44. The number of rotatable bonds is 8. The highest BCUT2D eigenvalue weighted by molar-refractivity contribution is 14.0. The number of hydrogen-bond acceptors (Lipinski definition) is 4. The Hall–Kier alpha value is -2.10. The van der Waals surface area contributed by atoms with Crippen molar-refractivity contribution in [3.05, 3.63) is 53.8 Å². The lowest BCUT2D eigenvalue weighted by Gasteiger charge is -2.09. The van der Waals surface area contributed by atoms with Gasteiger partial charge in [-0.15, -0.1) is 24.0 Å². The molecule has 3 aromatic heterocycles. The molecule has 0 aliphatic heterocycles. The number of imidazole rings is 1. The largest absolute Gasteiger partial charge is 0.359 e. The Bertz CT molecular complexity index is 851. The number of pyridine rings is 1. The first-order valence-electron chi connectivity index (χ1n) is 9.56. The first-order valence-corrected chi connectivity index (χ1v) is 9.56. The van der Waals surface area contributed by atoms with Crippen LogP contribution in [0.15, 0.2) is 46.2 Å². The predicted molar refractivity (Wildman–Crippen MR) is 122 cm³/mol. The normalized spacial score (nSPS) is 11.6. The third-order valence-electron chi connectivity index (χ3n) is 4.72. The first-order chi connectivity index (χ1) is 13.2. The molecule has 0 aromatic carbocycles. The van der Waals surface area contributed by atoms with E-state index in [9.17, 15) is 0 Å². The average Bonchev–Trinajstić information content (AvgIpc) is 3.32. The van der Waals surface area contributed by atoms with E-state index in [4.69, 9.17) is 4.52 Å². The maximum absolute atomic E-state index is 5.44. The Balaban J connectivity index is 0.00000280. The number of halogens is 1. The monoisotopic (exact) mass is 496 g/mol. The van der Waals surface area contributed by atoms with Crippen LogP contribution in [0, 0.1) is 0 Å². The molecule has 0 saturated carbocycles. The Morgan fingerprint density at radius 3 is 2.79 bits per heavy atom. The van der Waals surface area contributed by atoms with Gasteiger partial charge in [0.25, 0.3) is 0 Å². The van der Waals surface area contributed by atoms with E-state index in [0.717, 1.165) is 54.6 Å². The Kier molecular flexibility index (Phi) is 8.75. The summed E-state index contributed by atoms with van der Waals surface area (Å²) in [5.74, 6) is 2.02. The minimum Gasteiger partial charge on any atom is -0.359 e. The van der Waals surface area contributed by atoms with Crippen LogP contribution in [0.5, 0.6) is 0 Å². The van der Waals surface area contributed by atoms with Crippen molar-refractivity contribution >= 4 is 35.6 Å². The van der Waals surface area contributed by atoms with Crippen LogP contribution in [0.25, 0.3) is 5.65 Å². The van der Waals surface area contributed by atoms with Gasteiger partial charge >= 0.3 is 0 Å². The van der Waals surface area contributed by atoms with E-state index in [0.29, 0.717) is 12.5 Å². The smallest absolute Gasteiger partial charge is 0.191 e. The molecule has 0 aliphatic carbocycles. The molecule has 0 spiro atoms. The molecule has 0 saturated heterocycles. The molecule has 0 bridgehead atoms. The second-order valence-corrected chi connectivity index (χ2v) is 6.53. The molecule has 28 heavy (non-hydrogen) atoms. The molecular weight excluding hydrogens is 467 g/mol. The minimum absolute atomic E-state index is 0. The van der Waals surface area contributed by atoms with Gasteiger partial charge in [0.05, 0.1) is 17.9 Å². The fourth-order valence-corrected chi connectivity index (χ4v) is 3.12. The van der Waals surface area contributed by atoms with E-state index in [1.54, 1.807) is 7.05 Å². The molecule has 3 aromatic rings. The molecule has 3 heterocycles. The molecule has 0 fully saturated rings. The van der Waals surface area contributed by atoms with Gasteiger partial charge in [0.15, 0.2) is 11.7 Å². The second kappa shape index (κ2) is 11.0. The van der Waals surface area contributed by atoms with E-state index in [2.05, 4.69) is 45.8 Å². The van der Waals surface area contributed by atoms with Crippen molar-refractivity contribution < 1.29 is 4.52 Å². The van der Waals surface area contributed by atoms with Gasteiger partial charge in [0, 0.05) is 44.4 Å². The Morgan fingerprint density at radius 2 is 2.07 bits per heavy atom. The Morgan fingerprint density at radius 1 is 1.25 bits per heavy atom. The maximum Gasteiger partial charge on any atom is 0.191 e. The average molecular weight is 496 g/mol. The summed E-state index contributed by atoms with van der Waals surface area (Å²) >= 11 is 0. The SMILES string of the molecule is CCC(CC)c1cc(CNC(=NC)NCCc2cn3ccccc3n2)on1.I. The number of nitrogens with zero attached hydrogens (tertiary/aromatic N) is 4. The summed E-state index contributed by atoms with van der Waals surface area (Å²) < 4.78 is 7.48. The number of fused-ring (bicyclic) bond motifs is 1. The van der Waals surface area contributed by atoms with E-state index < -0.39 is 0 Å². The second-order valence-electron chi connectivity index (χ2n) is 6.53. The van der Waals surface area contributed by atoms with Crippen molar-refractivity contribution in [3.8, 4) is 0 Å². The highest BCUT2D eigenvalue weighted by Gasteiger charge is 2.13. The summed E-state index contributed by atoms with van der Waals surface area (Å²) in [6, 6.07) is 8.04. The van der Waals surface area contributed by atoms with Gasteiger partial charge in [-0.25, -0.2) is 4.98 Å². The van der Waals surface area contributed by atoms with Crippen molar-refractivity contribution in [2.75, 3.05) is 13.6 Å². The molecule has 0 aliphatic rings. The number of nitrogens with one attached hydrogen (secondary N) is 2. The molecule has 3 rings (SSSR count). The zero-order chi connectivity index (χ0) is 19.1. The lowest BCUT2D eigenvalue weighted by molar-refractivity contribution is 0.368. The minimum atomic E-state index is 0. The zero-order valence-corrected chi connectivity index (χ0v) is 19.0. The summed E-state index contributed by atoms with van der Waals surface area (Å²) in [5, 5.41) is 10.8. The highest BCUT2D eigenvalue weighted by Crippen LogP contribution is 2.22. The van der Waals surface area contributed by atoms with Crippen molar-refractivity contribution in [1.82, 2.24) is 25.2 Å². The van der Waals surface area contributed by atoms with Gasteiger partial charge in [-0.3, -0.25) is 4.99 Å². The molecule has 0 radical (unpaired) electrons. The van der Waals surface area contributed by atoms with Crippen LogP contribution >= 0.6 is 24.0 Å². The summed E-state index contributed by atoms with van der Waals surface area (Å²) in [7, 11) is 1.76. The van der Waals surface area contributed by atoms with Gasteiger partial charge in [0.1, 0.15) is 5.65 Å². The van der Waals surface area contributed by atoms with Gasteiger partial charge in [-0.1, -0.05) is 25.1 Å². The summed E-state index contributed by atoms with van der Waals surface area (Å²) in [6.45, 7) is 5.66. The summed E-state index contributed by atoms with van der Waals surface area (Å²) in [5.41, 5.74) is 3.05. The van der Waals surface area contributed by atoms with Crippen molar-refractivity contribution in [2.24, 2.45) is 4.99 Å². The van der Waals surface area contributed by atoms with Crippen LogP contribution in [0.4, 0.5) is 0 Å². The summed E-state index contributed by atoms with van der Waals surface area (Å²) in [6.07, 6.45) is 7.03. The topological polar surface area (TPSA) is 79.8 Å².